The number of hydrogen-bond donors (Lipinski definition) is 2. The van der Waals surface area contributed by atoms with Crippen LogP contribution in [0.1, 0.15) is 77.8 Å². The van der Waals surface area contributed by atoms with E-state index in [1.165, 1.54) is 0 Å². The molecule has 5 rings (SSSR count). The van der Waals surface area contributed by atoms with Gasteiger partial charge in [-0.15, -0.1) is 10.2 Å². The van der Waals surface area contributed by atoms with Gasteiger partial charge in [-0.2, -0.15) is 44.7 Å². The maximum atomic E-state index is 14.0. The molecule has 52 heavy (non-hydrogen) atoms. The van der Waals surface area contributed by atoms with Crippen LogP contribution in [-0.2, 0) is 36.1 Å². The first-order valence-corrected chi connectivity index (χ1v) is 15.8. The second kappa shape index (κ2) is 14.9. The Morgan fingerprint density at radius 1 is 0.942 bits per heavy atom. The highest BCUT2D eigenvalue weighted by atomic mass is 19.4. The maximum Gasteiger partial charge on any atom is 0.416 e. The zero-order valence-corrected chi connectivity index (χ0v) is 27.4. The standard InChI is InChI=1S/C32H31F9N8O3/c1-3-22-27(42)26(20-14-17(30(33,34)35)7-8-23(20)49(22)29(50)51-4-2)28-43-15-24(52-9-5-6-25-45-47-48-46-25)21(44-28)12-16-10-18(31(36,37)38)13-19(11-16)32(39,40)41/h7-8,10-11,13-15,22,26-27H,3-6,9,12,42H2,1-2H3,(H,45,46,47,48). The quantitative estimate of drug-likeness (QED) is 0.131. The van der Waals surface area contributed by atoms with E-state index >= 15 is 0 Å². The van der Waals surface area contributed by atoms with Gasteiger partial charge >= 0.3 is 24.6 Å². The van der Waals surface area contributed by atoms with Crippen LogP contribution in [0.5, 0.6) is 5.75 Å². The summed E-state index contributed by atoms with van der Waals surface area (Å²) in [6.45, 7) is 3.14. The van der Waals surface area contributed by atoms with E-state index in [4.69, 9.17) is 15.2 Å². The third-order valence-corrected chi connectivity index (χ3v) is 8.33. The molecular formula is C32H31F9N8O3. The summed E-state index contributed by atoms with van der Waals surface area (Å²) in [6, 6.07) is 1.75. The van der Waals surface area contributed by atoms with E-state index in [0.717, 1.165) is 29.3 Å². The van der Waals surface area contributed by atoms with Crippen LogP contribution >= 0.6 is 0 Å². The van der Waals surface area contributed by atoms with Gasteiger partial charge < -0.3 is 15.2 Å². The highest BCUT2D eigenvalue weighted by Crippen LogP contribution is 2.45. The average Bonchev–Trinajstić information content (AvgIpc) is 3.59. The van der Waals surface area contributed by atoms with Gasteiger partial charge in [0.2, 0.25) is 0 Å². The van der Waals surface area contributed by atoms with E-state index in [0.29, 0.717) is 24.4 Å². The second-order valence-electron chi connectivity index (χ2n) is 11.8. The Morgan fingerprint density at radius 3 is 2.19 bits per heavy atom. The number of nitrogens with zero attached hydrogens (tertiary/aromatic N) is 6. The number of ether oxygens (including phenoxy) is 2. The lowest BCUT2D eigenvalue weighted by Gasteiger charge is -2.43. The minimum Gasteiger partial charge on any atom is -0.490 e. The third kappa shape index (κ3) is 8.37. The van der Waals surface area contributed by atoms with E-state index < -0.39 is 71.3 Å². The number of amides is 1. The highest BCUT2D eigenvalue weighted by molar-refractivity contribution is 5.91. The zero-order valence-electron chi connectivity index (χ0n) is 27.4. The lowest BCUT2D eigenvalue weighted by Crippen LogP contribution is -2.57. The van der Waals surface area contributed by atoms with Crippen molar-refractivity contribution in [3.05, 3.63) is 87.8 Å². The van der Waals surface area contributed by atoms with Crippen molar-refractivity contribution in [2.75, 3.05) is 18.1 Å². The first-order chi connectivity index (χ1) is 24.4. The summed E-state index contributed by atoms with van der Waals surface area (Å²) in [4.78, 5) is 23.1. The first kappa shape index (κ1) is 38.2. The summed E-state index contributed by atoms with van der Waals surface area (Å²) in [6.07, 6.45) is -14.6. The SMILES string of the molecule is CCOC(=O)N1c2ccc(C(F)(F)F)cc2C(c2ncc(OCCCc3nn[nH]n3)c(Cc3cc(C(F)(F)F)cc(C(F)(F)F)c3)n2)C(N)C1CC. The Hall–Kier alpha value is -5.01. The van der Waals surface area contributed by atoms with Crippen LogP contribution in [0.2, 0.25) is 0 Å². The topological polar surface area (TPSA) is 145 Å². The van der Waals surface area contributed by atoms with Gasteiger partial charge in [0.05, 0.1) is 59.4 Å². The number of halogens is 9. The van der Waals surface area contributed by atoms with Crippen molar-refractivity contribution >= 4 is 11.8 Å². The Bertz CT molecular complexity index is 1840. The van der Waals surface area contributed by atoms with Crippen molar-refractivity contribution in [3.8, 4) is 5.75 Å². The number of anilines is 1. The van der Waals surface area contributed by atoms with Crippen LogP contribution in [0.4, 0.5) is 50.0 Å². The van der Waals surface area contributed by atoms with Crippen molar-refractivity contribution in [1.29, 1.82) is 0 Å². The number of rotatable bonds is 10. The predicted molar refractivity (Wildman–Crippen MR) is 164 cm³/mol. The molecule has 0 aliphatic carbocycles. The van der Waals surface area contributed by atoms with Gasteiger partial charge in [-0.3, -0.25) is 4.90 Å². The van der Waals surface area contributed by atoms with E-state index in [-0.39, 0.29) is 60.6 Å². The van der Waals surface area contributed by atoms with Crippen LogP contribution in [0, 0.1) is 0 Å². The Morgan fingerprint density at radius 2 is 1.62 bits per heavy atom. The van der Waals surface area contributed by atoms with Gasteiger partial charge in [0.1, 0.15) is 5.82 Å². The molecule has 11 nitrogen and oxygen atoms in total. The number of alkyl halides is 9. The van der Waals surface area contributed by atoms with E-state index in [2.05, 4.69) is 30.6 Å². The Labute approximate surface area is 289 Å². The molecule has 280 valence electrons. The van der Waals surface area contributed by atoms with Crippen LogP contribution in [0.3, 0.4) is 0 Å². The van der Waals surface area contributed by atoms with Gasteiger partial charge in [-0.1, -0.05) is 12.1 Å². The predicted octanol–water partition coefficient (Wildman–Crippen LogP) is 6.86. The zero-order chi connectivity index (χ0) is 38.0. The number of aromatic nitrogens is 6. The van der Waals surface area contributed by atoms with E-state index in [1.54, 1.807) is 13.8 Å². The molecule has 0 radical (unpaired) electrons. The van der Waals surface area contributed by atoms with Crippen LogP contribution in [0.25, 0.3) is 0 Å². The van der Waals surface area contributed by atoms with Gasteiger partial charge in [0, 0.05) is 18.9 Å². The Kier molecular flexibility index (Phi) is 11.0. The first-order valence-electron chi connectivity index (χ1n) is 15.8. The number of aryl methyl sites for hydroxylation is 1. The maximum absolute atomic E-state index is 14.0. The molecule has 3 N–H and O–H groups in total. The molecule has 0 bridgehead atoms. The van der Waals surface area contributed by atoms with E-state index in [9.17, 15) is 44.3 Å². The molecule has 2 aromatic carbocycles. The van der Waals surface area contributed by atoms with Gasteiger partial charge in [0.15, 0.2) is 11.6 Å². The Balaban J connectivity index is 1.63. The fraction of sp³-hybridized carbons (Fsp3) is 0.438. The number of aromatic amines is 1. The number of H-pyrrole nitrogens is 1. The minimum atomic E-state index is -5.13. The van der Waals surface area contributed by atoms with Crippen molar-refractivity contribution in [2.45, 2.75) is 76.1 Å². The number of carbonyl (C=O) groups is 1. The van der Waals surface area contributed by atoms with Crippen LogP contribution in [0.15, 0.2) is 42.6 Å². The van der Waals surface area contributed by atoms with Gasteiger partial charge in [0.25, 0.3) is 0 Å². The molecule has 3 unspecified atom stereocenters. The summed E-state index contributed by atoms with van der Waals surface area (Å²) >= 11 is 0. The molecule has 1 aliphatic rings. The molecular weight excluding hydrogens is 715 g/mol. The summed E-state index contributed by atoms with van der Waals surface area (Å²) in [7, 11) is 0. The van der Waals surface area contributed by atoms with Crippen molar-refractivity contribution in [2.24, 2.45) is 5.73 Å². The molecule has 3 atom stereocenters. The molecule has 0 fully saturated rings. The number of nitrogens with one attached hydrogen (secondary N) is 1. The van der Waals surface area contributed by atoms with Crippen molar-refractivity contribution in [1.82, 2.24) is 30.6 Å². The smallest absolute Gasteiger partial charge is 0.416 e. The average molecular weight is 747 g/mol. The number of hydrogen-bond acceptors (Lipinski definition) is 9. The summed E-state index contributed by atoms with van der Waals surface area (Å²) in [5.74, 6) is -1.19. The molecule has 0 saturated heterocycles. The number of carbonyl (C=O) groups excluding carboxylic acids is 1. The third-order valence-electron chi connectivity index (χ3n) is 8.33. The summed E-state index contributed by atoms with van der Waals surface area (Å²) in [5.41, 5.74) is 1.82. The largest absolute Gasteiger partial charge is 0.490 e. The minimum absolute atomic E-state index is 0.0132. The second-order valence-corrected chi connectivity index (χ2v) is 11.8. The van der Waals surface area contributed by atoms with Gasteiger partial charge in [-0.25, -0.2) is 14.8 Å². The van der Waals surface area contributed by atoms with Crippen LogP contribution in [-0.4, -0.2) is 62.0 Å². The normalized spacial score (nSPS) is 17.9. The molecule has 1 amide bonds. The number of fused-ring (bicyclic) bond motifs is 1. The monoisotopic (exact) mass is 746 g/mol. The molecule has 2 aromatic heterocycles. The highest BCUT2D eigenvalue weighted by Gasteiger charge is 2.45. The molecule has 20 heteroatoms. The number of nitrogens with two attached hydrogens (primary N) is 1. The number of benzene rings is 2. The lowest BCUT2D eigenvalue weighted by atomic mass is 9.79. The fourth-order valence-electron chi connectivity index (χ4n) is 6.01. The van der Waals surface area contributed by atoms with Crippen LogP contribution < -0.4 is 15.4 Å². The molecule has 0 saturated carbocycles. The fourth-order valence-corrected chi connectivity index (χ4v) is 6.01. The van der Waals surface area contributed by atoms with Gasteiger partial charge in [-0.05, 0) is 67.3 Å². The van der Waals surface area contributed by atoms with Crippen molar-refractivity contribution in [3.63, 3.8) is 0 Å². The molecule has 0 spiro atoms. The van der Waals surface area contributed by atoms with E-state index in [1.807, 2.05) is 0 Å². The molecule has 1 aliphatic heterocycles. The number of tetrazole rings is 1. The summed E-state index contributed by atoms with van der Waals surface area (Å²) < 4.78 is 135. The van der Waals surface area contributed by atoms with Crippen molar-refractivity contribution < 1.29 is 53.8 Å². The lowest BCUT2D eigenvalue weighted by molar-refractivity contribution is -0.143. The molecule has 4 aromatic rings. The summed E-state index contributed by atoms with van der Waals surface area (Å²) in [5, 5.41) is 13.4. The molecule has 3 heterocycles.